The highest BCUT2D eigenvalue weighted by Crippen LogP contribution is 2.37. The van der Waals surface area contributed by atoms with Crippen molar-refractivity contribution in [2.45, 2.75) is 23.9 Å². The minimum atomic E-state index is -1.94. The molecular weight excluding hydrogens is 490 g/mol. The molecule has 9 nitrogen and oxygen atoms in total. The Morgan fingerprint density at radius 2 is 1.50 bits per heavy atom. The van der Waals surface area contributed by atoms with Gasteiger partial charge in [0.15, 0.2) is 17.5 Å². The Morgan fingerprint density at radius 3 is 2.13 bits per heavy atom. The minimum Gasteiger partial charge on any atom is -0.459 e. The molecule has 0 bridgehead atoms. The molecule has 1 aliphatic rings. The van der Waals surface area contributed by atoms with Gasteiger partial charge in [-0.1, -0.05) is 54.6 Å². The zero-order chi connectivity index (χ0) is 26.5. The van der Waals surface area contributed by atoms with Crippen molar-refractivity contribution < 1.29 is 38.4 Å². The van der Waals surface area contributed by atoms with Crippen LogP contribution in [0.15, 0.2) is 102 Å². The first-order chi connectivity index (χ1) is 18.4. The fourth-order valence-electron chi connectivity index (χ4n) is 4.18. The van der Waals surface area contributed by atoms with Crippen molar-refractivity contribution in [1.82, 2.24) is 4.98 Å². The first-order valence-electron chi connectivity index (χ1n) is 12.0. The maximum absolute atomic E-state index is 12.9. The summed E-state index contributed by atoms with van der Waals surface area (Å²) in [6.07, 6.45) is -2.75. The molecule has 9 heteroatoms. The van der Waals surface area contributed by atoms with E-state index in [1.807, 2.05) is 18.2 Å². The van der Waals surface area contributed by atoms with E-state index in [0.29, 0.717) is 11.1 Å². The number of nitrogens with zero attached hydrogens (tertiary/aromatic N) is 1. The normalized spacial score (nSPS) is 21.5. The van der Waals surface area contributed by atoms with Gasteiger partial charge in [-0.2, -0.15) is 0 Å². The Bertz CT molecular complexity index is 1380. The topological polar surface area (TPSA) is 128 Å². The fourth-order valence-corrected chi connectivity index (χ4v) is 4.18. The van der Waals surface area contributed by atoms with Crippen LogP contribution in [0, 0.1) is 0 Å². The third-order valence-corrected chi connectivity index (χ3v) is 6.21. The number of esters is 2. The number of aliphatic hydroxyl groups is 2. The third kappa shape index (κ3) is 5.35. The Labute approximate surface area is 218 Å². The highest BCUT2D eigenvalue weighted by molar-refractivity contribution is 5.90. The number of aliphatic hydroxyl groups excluding tert-OH is 1. The van der Waals surface area contributed by atoms with Gasteiger partial charge in [0, 0.05) is 5.56 Å². The lowest BCUT2D eigenvalue weighted by molar-refractivity contribution is -0.106. The summed E-state index contributed by atoms with van der Waals surface area (Å²) in [5.74, 6) is -1.07. The SMILES string of the molecule is O=C(OC[C@]1(O)CO[C@@H]([C@@H](O)c2cnc(-c3ccccc3)o2)[C@@H]1OC(=O)c1ccccc1)c1ccccc1. The van der Waals surface area contributed by atoms with Crippen LogP contribution in [0.2, 0.25) is 0 Å². The molecular formula is C29H25NO8. The predicted octanol–water partition coefficient (Wildman–Crippen LogP) is 3.59. The molecule has 0 radical (unpaired) electrons. The summed E-state index contributed by atoms with van der Waals surface area (Å²) in [6.45, 7) is -0.911. The predicted molar refractivity (Wildman–Crippen MR) is 134 cm³/mol. The summed E-state index contributed by atoms with van der Waals surface area (Å²) in [5.41, 5.74) is -0.709. The molecule has 1 aliphatic heterocycles. The molecule has 3 aromatic carbocycles. The van der Waals surface area contributed by atoms with Crippen molar-refractivity contribution >= 4 is 11.9 Å². The number of oxazole rings is 1. The zero-order valence-electron chi connectivity index (χ0n) is 20.2. The zero-order valence-corrected chi connectivity index (χ0v) is 20.2. The summed E-state index contributed by atoms with van der Waals surface area (Å²) in [7, 11) is 0. The van der Waals surface area contributed by atoms with Crippen LogP contribution in [-0.2, 0) is 14.2 Å². The number of ether oxygens (including phenoxy) is 3. The Kier molecular flexibility index (Phi) is 7.32. The molecule has 0 saturated carbocycles. The van der Waals surface area contributed by atoms with E-state index < -0.39 is 42.5 Å². The molecule has 0 amide bonds. The van der Waals surface area contributed by atoms with Gasteiger partial charge in [-0.3, -0.25) is 0 Å². The molecule has 0 spiro atoms. The van der Waals surface area contributed by atoms with E-state index in [4.69, 9.17) is 18.6 Å². The van der Waals surface area contributed by atoms with Gasteiger partial charge in [0.2, 0.25) is 5.89 Å². The van der Waals surface area contributed by atoms with Gasteiger partial charge in [0.05, 0.1) is 23.9 Å². The second-order valence-electron chi connectivity index (χ2n) is 8.89. The Hall–Kier alpha value is -4.31. The number of aromatic nitrogens is 1. The highest BCUT2D eigenvalue weighted by atomic mass is 16.6. The van der Waals surface area contributed by atoms with Crippen molar-refractivity contribution in [1.29, 1.82) is 0 Å². The monoisotopic (exact) mass is 515 g/mol. The average Bonchev–Trinajstić information content (AvgIpc) is 3.59. The molecule has 0 unspecified atom stereocenters. The molecule has 2 heterocycles. The minimum absolute atomic E-state index is 0.0557. The largest absolute Gasteiger partial charge is 0.459 e. The van der Waals surface area contributed by atoms with Crippen molar-refractivity contribution in [3.05, 3.63) is 114 Å². The van der Waals surface area contributed by atoms with E-state index in [1.165, 1.54) is 6.20 Å². The quantitative estimate of drug-likeness (QED) is 0.338. The lowest BCUT2D eigenvalue weighted by Gasteiger charge is -2.30. The maximum Gasteiger partial charge on any atom is 0.338 e. The molecule has 4 aromatic rings. The van der Waals surface area contributed by atoms with Gasteiger partial charge in [-0.05, 0) is 36.4 Å². The van der Waals surface area contributed by atoms with E-state index in [0.717, 1.165) is 0 Å². The Balaban J connectivity index is 1.38. The van der Waals surface area contributed by atoms with E-state index in [-0.39, 0.29) is 23.8 Å². The molecule has 5 rings (SSSR count). The molecule has 1 saturated heterocycles. The standard InChI is InChI=1S/C29H25NO8/c31-23(22-16-30-26(37-22)19-10-4-1-5-11-19)24-25(38-28(33)21-14-8-3-9-15-21)29(34,17-35-24)18-36-27(32)20-12-6-2-7-13-20/h1-16,23-25,31,34H,17-18H2/t23-,24-,25-,29+/m0/s1. The molecule has 4 atom stereocenters. The first-order valence-corrected chi connectivity index (χ1v) is 12.0. The number of benzene rings is 3. The third-order valence-electron chi connectivity index (χ3n) is 6.21. The van der Waals surface area contributed by atoms with Crippen LogP contribution in [0.3, 0.4) is 0 Å². The number of rotatable bonds is 8. The van der Waals surface area contributed by atoms with Crippen LogP contribution in [-0.4, -0.2) is 58.2 Å². The second-order valence-corrected chi connectivity index (χ2v) is 8.89. The molecule has 1 aromatic heterocycles. The van der Waals surface area contributed by atoms with Crippen LogP contribution in [0.4, 0.5) is 0 Å². The van der Waals surface area contributed by atoms with E-state index in [9.17, 15) is 19.8 Å². The summed E-state index contributed by atoms with van der Waals surface area (Å²) in [5, 5.41) is 22.6. The number of hydrogen-bond acceptors (Lipinski definition) is 9. The number of carbonyl (C=O) groups is 2. The van der Waals surface area contributed by atoms with Crippen molar-refractivity contribution in [2.75, 3.05) is 13.2 Å². The summed E-state index contributed by atoms with van der Waals surface area (Å²) < 4.78 is 22.5. The highest BCUT2D eigenvalue weighted by Gasteiger charge is 2.55. The number of hydrogen-bond donors (Lipinski definition) is 2. The van der Waals surface area contributed by atoms with Gasteiger partial charge < -0.3 is 28.8 Å². The van der Waals surface area contributed by atoms with Crippen LogP contribution in [0.5, 0.6) is 0 Å². The molecule has 38 heavy (non-hydrogen) atoms. The van der Waals surface area contributed by atoms with Crippen molar-refractivity contribution in [2.24, 2.45) is 0 Å². The van der Waals surface area contributed by atoms with E-state index >= 15 is 0 Å². The lowest BCUT2D eigenvalue weighted by Crippen LogP contribution is -2.51. The van der Waals surface area contributed by atoms with Gasteiger partial charge in [-0.25, -0.2) is 14.6 Å². The summed E-state index contributed by atoms with van der Waals surface area (Å²) in [6, 6.07) is 25.6. The van der Waals surface area contributed by atoms with Gasteiger partial charge in [-0.15, -0.1) is 0 Å². The fraction of sp³-hybridized carbons (Fsp3) is 0.207. The molecule has 2 N–H and O–H groups in total. The molecule has 0 aliphatic carbocycles. The summed E-state index contributed by atoms with van der Waals surface area (Å²) in [4.78, 5) is 29.7. The van der Waals surface area contributed by atoms with Crippen LogP contribution in [0.1, 0.15) is 32.6 Å². The van der Waals surface area contributed by atoms with Crippen LogP contribution < -0.4 is 0 Å². The van der Waals surface area contributed by atoms with E-state index in [2.05, 4.69) is 4.98 Å². The van der Waals surface area contributed by atoms with Gasteiger partial charge in [0.1, 0.15) is 18.8 Å². The molecule has 194 valence electrons. The van der Waals surface area contributed by atoms with E-state index in [1.54, 1.807) is 72.8 Å². The first kappa shape index (κ1) is 25.3. The molecule has 1 fully saturated rings. The van der Waals surface area contributed by atoms with Crippen molar-refractivity contribution in [3.8, 4) is 11.5 Å². The Morgan fingerprint density at radius 1 is 0.921 bits per heavy atom. The lowest BCUT2D eigenvalue weighted by atomic mass is 9.93. The van der Waals surface area contributed by atoms with Crippen molar-refractivity contribution in [3.63, 3.8) is 0 Å². The number of carbonyl (C=O) groups excluding carboxylic acids is 2. The maximum atomic E-state index is 12.9. The van der Waals surface area contributed by atoms with Crippen LogP contribution >= 0.6 is 0 Å². The summed E-state index contributed by atoms with van der Waals surface area (Å²) >= 11 is 0. The second kappa shape index (κ2) is 11.0. The van der Waals surface area contributed by atoms with Gasteiger partial charge >= 0.3 is 11.9 Å². The van der Waals surface area contributed by atoms with Gasteiger partial charge in [0.25, 0.3) is 0 Å². The van der Waals surface area contributed by atoms with Crippen LogP contribution in [0.25, 0.3) is 11.5 Å². The smallest absolute Gasteiger partial charge is 0.338 e. The average molecular weight is 516 g/mol.